The second kappa shape index (κ2) is 7.78. The van der Waals surface area contributed by atoms with Gasteiger partial charge in [-0.3, -0.25) is 9.59 Å². The number of carboxylic acids is 1. The van der Waals surface area contributed by atoms with Gasteiger partial charge in [0.05, 0.1) is 17.9 Å². The van der Waals surface area contributed by atoms with Crippen molar-refractivity contribution in [1.29, 1.82) is 0 Å². The topological polar surface area (TPSA) is 75.6 Å². The fourth-order valence-electron chi connectivity index (χ4n) is 3.39. The highest BCUT2D eigenvalue weighted by molar-refractivity contribution is 5.79. The molecule has 0 spiro atoms. The highest BCUT2D eigenvalue weighted by Gasteiger charge is 2.39. The summed E-state index contributed by atoms with van der Waals surface area (Å²) in [7, 11) is 0. The van der Waals surface area contributed by atoms with Crippen molar-refractivity contribution in [2.75, 3.05) is 13.2 Å². The molecule has 0 aromatic carbocycles. The molecule has 5 nitrogen and oxygen atoms in total. The van der Waals surface area contributed by atoms with Gasteiger partial charge in [-0.05, 0) is 32.1 Å². The lowest BCUT2D eigenvalue weighted by Gasteiger charge is -2.29. The third-order valence-corrected chi connectivity index (χ3v) is 4.83. The number of aliphatic carboxylic acids is 1. The fraction of sp³-hybridized carbons (Fsp3) is 0.875. The van der Waals surface area contributed by atoms with E-state index in [1.165, 1.54) is 0 Å². The average Bonchev–Trinajstić information content (AvgIpc) is 2.73. The second-order valence-electron chi connectivity index (χ2n) is 6.47. The molecule has 2 fully saturated rings. The molecule has 2 rings (SSSR count). The van der Waals surface area contributed by atoms with Crippen molar-refractivity contribution >= 4 is 11.9 Å². The molecule has 0 bridgehead atoms. The number of hydrogen-bond donors (Lipinski definition) is 2. The van der Waals surface area contributed by atoms with Gasteiger partial charge in [-0.15, -0.1) is 0 Å². The van der Waals surface area contributed by atoms with E-state index in [2.05, 4.69) is 5.32 Å². The normalized spacial score (nSPS) is 25.8. The zero-order valence-electron chi connectivity index (χ0n) is 12.7. The van der Waals surface area contributed by atoms with Gasteiger partial charge >= 0.3 is 5.97 Å². The van der Waals surface area contributed by atoms with E-state index in [1.54, 1.807) is 0 Å². The summed E-state index contributed by atoms with van der Waals surface area (Å²) < 4.78 is 5.56. The van der Waals surface area contributed by atoms with Gasteiger partial charge in [-0.1, -0.05) is 25.7 Å². The molecule has 1 aliphatic carbocycles. The Balaban J connectivity index is 1.83. The molecule has 0 aromatic heterocycles. The SMILES string of the molecule is O=C(CC1CCCCO1)NCC1(C(=O)O)CCCCCC1. The number of carboxylic acid groups (broad SMARTS) is 1. The summed E-state index contributed by atoms with van der Waals surface area (Å²) in [5, 5.41) is 12.4. The zero-order chi connectivity index (χ0) is 15.1. The summed E-state index contributed by atoms with van der Waals surface area (Å²) in [6.45, 7) is 0.991. The first-order valence-electron chi connectivity index (χ1n) is 8.24. The van der Waals surface area contributed by atoms with Crippen LogP contribution in [0.3, 0.4) is 0 Å². The lowest BCUT2D eigenvalue weighted by molar-refractivity contribution is -0.149. The molecular weight excluding hydrogens is 270 g/mol. The van der Waals surface area contributed by atoms with Crippen molar-refractivity contribution in [1.82, 2.24) is 5.32 Å². The fourth-order valence-corrected chi connectivity index (χ4v) is 3.39. The van der Waals surface area contributed by atoms with Crippen LogP contribution in [0.4, 0.5) is 0 Å². The molecule has 5 heteroatoms. The third-order valence-electron chi connectivity index (χ3n) is 4.83. The Morgan fingerprint density at radius 1 is 1.10 bits per heavy atom. The van der Waals surface area contributed by atoms with Crippen molar-refractivity contribution in [2.45, 2.75) is 70.3 Å². The van der Waals surface area contributed by atoms with E-state index in [9.17, 15) is 14.7 Å². The van der Waals surface area contributed by atoms with Crippen LogP contribution in [0.5, 0.6) is 0 Å². The van der Waals surface area contributed by atoms with Crippen LogP contribution in [0.2, 0.25) is 0 Å². The minimum absolute atomic E-state index is 0.00802. The summed E-state index contributed by atoms with van der Waals surface area (Å²) in [5.74, 6) is -0.842. The largest absolute Gasteiger partial charge is 0.481 e. The Morgan fingerprint density at radius 3 is 2.38 bits per heavy atom. The Kier molecular flexibility index (Phi) is 6.03. The molecule has 2 aliphatic rings. The lowest BCUT2D eigenvalue weighted by atomic mass is 9.80. The van der Waals surface area contributed by atoms with Gasteiger partial charge in [0, 0.05) is 13.2 Å². The number of nitrogens with one attached hydrogen (secondary N) is 1. The summed E-state index contributed by atoms with van der Waals surface area (Å²) >= 11 is 0. The van der Waals surface area contributed by atoms with E-state index in [0.717, 1.165) is 51.6 Å². The predicted octanol–water partition coefficient (Wildman–Crippen LogP) is 2.49. The van der Waals surface area contributed by atoms with Gasteiger partial charge in [0.25, 0.3) is 0 Å². The van der Waals surface area contributed by atoms with E-state index < -0.39 is 11.4 Å². The van der Waals surface area contributed by atoms with Crippen LogP contribution in [0.15, 0.2) is 0 Å². The molecule has 1 unspecified atom stereocenters. The van der Waals surface area contributed by atoms with Crippen LogP contribution in [0, 0.1) is 5.41 Å². The van der Waals surface area contributed by atoms with Crippen molar-refractivity contribution in [3.05, 3.63) is 0 Å². The first-order valence-corrected chi connectivity index (χ1v) is 8.24. The summed E-state index contributed by atoms with van der Waals surface area (Å²) in [4.78, 5) is 23.7. The number of hydrogen-bond acceptors (Lipinski definition) is 3. The van der Waals surface area contributed by atoms with Crippen LogP contribution in [0.1, 0.15) is 64.2 Å². The molecule has 1 saturated carbocycles. The average molecular weight is 297 g/mol. The van der Waals surface area contributed by atoms with Gasteiger partial charge < -0.3 is 15.2 Å². The van der Waals surface area contributed by atoms with Gasteiger partial charge in [0.1, 0.15) is 0 Å². The van der Waals surface area contributed by atoms with Crippen LogP contribution in [-0.2, 0) is 14.3 Å². The lowest BCUT2D eigenvalue weighted by Crippen LogP contribution is -2.43. The number of rotatable bonds is 5. The Labute approximate surface area is 126 Å². The van der Waals surface area contributed by atoms with Gasteiger partial charge in [0.2, 0.25) is 5.91 Å². The zero-order valence-corrected chi connectivity index (χ0v) is 12.7. The minimum atomic E-state index is -0.765. The molecule has 1 saturated heterocycles. The highest BCUT2D eigenvalue weighted by atomic mass is 16.5. The number of ether oxygens (including phenoxy) is 1. The van der Waals surface area contributed by atoms with Crippen LogP contribution in [0.25, 0.3) is 0 Å². The summed E-state index contributed by atoms with van der Waals surface area (Å²) in [6, 6.07) is 0. The maximum atomic E-state index is 12.0. The monoisotopic (exact) mass is 297 g/mol. The number of carbonyl (C=O) groups excluding carboxylic acids is 1. The molecule has 1 amide bonds. The van der Waals surface area contributed by atoms with E-state index in [-0.39, 0.29) is 18.6 Å². The maximum absolute atomic E-state index is 12.0. The molecule has 1 heterocycles. The molecule has 1 aliphatic heterocycles. The number of carbonyl (C=O) groups is 2. The highest BCUT2D eigenvalue weighted by Crippen LogP contribution is 2.34. The maximum Gasteiger partial charge on any atom is 0.311 e. The van der Waals surface area contributed by atoms with Crippen molar-refractivity contribution in [3.63, 3.8) is 0 Å². The Hall–Kier alpha value is -1.10. The molecule has 2 N–H and O–H groups in total. The molecule has 1 atom stereocenters. The van der Waals surface area contributed by atoms with E-state index in [0.29, 0.717) is 19.3 Å². The molecule has 0 aromatic rings. The van der Waals surface area contributed by atoms with E-state index in [1.807, 2.05) is 0 Å². The minimum Gasteiger partial charge on any atom is -0.481 e. The van der Waals surface area contributed by atoms with Crippen LogP contribution < -0.4 is 5.32 Å². The second-order valence-corrected chi connectivity index (χ2v) is 6.47. The first kappa shape index (κ1) is 16.3. The van der Waals surface area contributed by atoms with Crippen molar-refractivity contribution < 1.29 is 19.4 Å². The van der Waals surface area contributed by atoms with E-state index >= 15 is 0 Å². The van der Waals surface area contributed by atoms with Crippen LogP contribution >= 0.6 is 0 Å². The van der Waals surface area contributed by atoms with Crippen LogP contribution in [-0.4, -0.2) is 36.2 Å². The van der Waals surface area contributed by atoms with Gasteiger partial charge in [0.15, 0.2) is 0 Å². The molecular formula is C16H27NO4. The van der Waals surface area contributed by atoms with E-state index in [4.69, 9.17) is 4.74 Å². The quantitative estimate of drug-likeness (QED) is 0.764. The number of amides is 1. The van der Waals surface area contributed by atoms with Gasteiger partial charge in [-0.25, -0.2) is 0 Å². The summed E-state index contributed by atoms with van der Waals surface area (Å²) in [6.07, 6.45) is 8.88. The Morgan fingerprint density at radius 2 is 1.81 bits per heavy atom. The standard InChI is InChI=1S/C16H27NO4/c18-14(11-13-7-3-6-10-21-13)17-12-16(15(19)20)8-4-1-2-5-9-16/h13H,1-12H2,(H,17,18)(H,19,20). The first-order chi connectivity index (χ1) is 10.1. The Bertz CT molecular complexity index is 355. The van der Waals surface area contributed by atoms with Gasteiger partial charge in [-0.2, -0.15) is 0 Å². The van der Waals surface area contributed by atoms with Crippen molar-refractivity contribution in [2.24, 2.45) is 5.41 Å². The van der Waals surface area contributed by atoms with Crippen molar-refractivity contribution in [3.8, 4) is 0 Å². The molecule has 0 radical (unpaired) electrons. The third kappa shape index (κ3) is 4.70. The molecule has 120 valence electrons. The predicted molar refractivity (Wildman–Crippen MR) is 79.0 cm³/mol. The smallest absolute Gasteiger partial charge is 0.311 e. The molecule has 21 heavy (non-hydrogen) atoms. The summed E-state index contributed by atoms with van der Waals surface area (Å²) in [5.41, 5.74) is -0.764.